The van der Waals surface area contributed by atoms with Gasteiger partial charge in [0.1, 0.15) is 0 Å². The van der Waals surface area contributed by atoms with Crippen LogP contribution in [0, 0.1) is 5.92 Å². The van der Waals surface area contributed by atoms with Crippen LogP contribution in [0.25, 0.3) is 0 Å². The second kappa shape index (κ2) is 7.27. The highest BCUT2D eigenvalue weighted by Crippen LogP contribution is 2.23. The molecule has 98 valence electrons. The van der Waals surface area contributed by atoms with Gasteiger partial charge in [0.25, 0.3) is 0 Å². The minimum absolute atomic E-state index is 0.0296. The summed E-state index contributed by atoms with van der Waals surface area (Å²) in [5.74, 6) is -0.116. The van der Waals surface area contributed by atoms with E-state index in [2.05, 4.69) is 10.6 Å². The molecule has 17 heavy (non-hydrogen) atoms. The van der Waals surface area contributed by atoms with Gasteiger partial charge in [-0.05, 0) is 32.1 Å². The molecule has 1 saturated carbocycles. The molecular formula is C12H23N3O2. The van der Waals surface area contributed by atoms with Crippen molar-refractivity contribution in [1.82, 2.24) is 10.6 Å². The monoisotopic (exact) mass is 241 g/mol. The highest BCUT2D eigenvalue weighted by Gasteiger charge is 2.24. The summed E-state index contributed by atoms with van der Waals surface area (Å²) in [6.45, 7) is 3.12. The van der Waals surface area contributed by atoms with Crippen LogP contribution in [0.2, 0.25) is 0 Å². The molecular weight excluding hydrogens is 218 g/mol. The Balaban J connectivity index is 2.14. The zero-order valence-corrected chi connectivity index (χ0v) is 10.5. The van der Waals surface area contributed by atoms with E-state index >= 15 is 0 Å². The molecule has 0 aromatic heterocycles. The summed E-state index contributed by atoms with van der Waals surface area (Å²) in [6.07, 6.45) is 4.48. The molecule has 5 heteroatoms. The Bertz CT molecular complexity index is 260. The van der Waals surface area contributed by atoms with Gasteiger partial charge >= 0.3 is 0 Å². The predicted octanol–water partition coefficient (Wildman–Crippen LogP) is 0.146. The fraction of sp³-hybridized carbons (Fsp3) is 0.833. The van der Waals surface area contributed by atoms with E-state index in [0.29, 0.717) is 12.6 Å². The lowest BCUT2D eigenvalue weighted by Crippen LogP contribution is -2.42. The second-order valence-electron chi connectivity index (χ2n) is 4.68. The van der Waals surface area contributed by atoms with Crippen molar-refractivity contribution >= 4 is 11.8 Å². The molecule has 1 fully saturated rings. The maximum atomic E-state index is 11.4. The Labute approximate surface area is 103 Å². The molecule has 4 N–H and O–H groups in total. The van der Waals surface area contributed by atoms with E-state index < -0.39 is 0 Å². The summed E-state index contributed by atoms with van der Waals surface area (Å²) < 4.78 is 0. The minimum atomic E-state index is -0.191. The van der Waals surface area contributed by atoms with Crippen LogP contribution in [-0.4, -0.2) is 30.9 Å². The van der Waals surface area contributed by atoms with Gasteiger partial charge < -0.3 is 16.4 Å². The molecule has 0 heterocycles. The maximum Gasteiger partial charge on any atom is 0.233 e. The molecule has 0 radical (unpaired) electrons. The third-order valence-electron chi connectivity index (χ3n) is 3.25. The molecule has 1 aliphatic rings. The van der Waals surface area contributed by atoms with E-state index in [0.717, 1.165) is 38.6 Å². The van der Waals surface area contributed by atoms with Gasteiger partial charge in [0, 0.05) is 18.5 Å². The number of nitrogens with one attached hydrogen (secondary N) is 2. The van der Waals surface area contributed by atoms with Crippen molar-refractivity contribution < 1.29 is 9.59 Å². The van der Waals surface area contributed by atoms with E-state index in [-0.39, 0.29) is 17.7 Å². The van der Waals surface area contributed by atoms with Gasteiger partial charge in [0.05, 0.1) is 6.54 Å². The maximum absolute atomic E-state index is 11.4. The zero-order chi connectivity index (χ0) is 12.7. The summed E-state index contributed by atoms with van der Waals surface area (Å²) in [5.41, 5.74) is 5.27. The fourth-order valence-corrected chi connectivity index (χ4v) is 2.15. The number of carbonyl (C=O) groups is 2. The number of carbonyl (C=O) groups excluding carboxylic acids is 2. The average molecular weight is 241 g/mol. The van der Waals surface area contributed by atoms with Gasteiger partial charge in [-0.2, -0.15) is 0 Å². The molecule has 2 amide bonds. The molecule has 1 rings (SSSR count). The van der Waals surface area contributed by atoms with Crippen LogP contribution in [0.1, 0.15) is 39.0 Å². The number of nitrogens with two attached hydrogens (primary N) is 1. The first-order chi connectivity index (χ1) is 8.13. The molecule has 0 saturated heterocycles. The smallest absolute Gasteiger partial charge is 0.233 e. The van der Waals surface area contributed by atoms with Gasteiger partial charge in [0.15, 0.2) is 0 Å². The molecule has 0 spiro atoms. The number of hydrogen-bond acceptors (Lipinski definition) is 3. The highest BCUT2D eigenvalue weighted by molar-refractivity contribution is 5.78. The van der Waals surface area contributed by atoms with Crippen LogP contribution < -0.4 is 16.4 Å². The van der Waals surface area contributed by atoms with E-state index in [9.17, 15) is 9.59 Å². The van der Waals surface area contributed by atoms with Crippen molar-refractivity contribution in [3.8, 4) is 0 Å². The SMILES string of the molecule is CCCNC(=O)CNC1CCC(C(N)=O)CC1. The fourth-order valence-electron chi connectivity index (χ4n) is 2.15. The van der Waals surface area contributed by atoms with Crippen LogP contribution in [0.3, 0.4) is 0 Å². The normalized spacial score (nSPS) is 24.3. The Hall–Kier alpha value is -1.10. The Kier molecular flexibility index (Phi) is 5.97. The van der Waals surface area contributed by atoms with Crippen molar-refractivity contribution in [3.05, 3.63) is 0 Å². The largest absolute Gasteiger partial charge is 0.369 e. The van der Waals surface area contributed by atoms with Crippen molar-refractivity contribution in [2.24, 2.45) is 11.7 Å². The first-order valence-corrected chi connectivity index (χ1v) is 6.43. The van der Waals surface area contributed by atoms with E-state index in [1.165, 1.54) is 0 Å². The van der Waals surface area contributed by atoms with Crippen LogP contribution in [0.4, 0.5) is 0 Å². The lowest BCUT2D eigenvalue weighted by atomic mass is 9.85. The van der Waals surface area contributed by atoms with Crippen molar-refractivity contribution in [1.29, 1.82) is 0 Å². The predicted molar refractivity (Wildman–Crippen MR) is 66.2 cm³/mol. The topological polar surface area (TPSA) is 84.2 Å². The van der Waals surface area contributed by atoms with Crippen LogP contribution >= 0.6 is 0 Å². The molecule has 0 aliphatic heterocycles. The number of rotatable bonds is 6. The van der Waals surface area contributed by atoms with Gasteiger partial charge in [-0.1, -0.05) is 6.92 Å². The lowest BCUT2D eigenvalue weighted by molar-refractivity contribution is -0.123. The van der Waals surface area contributed by atoms with Crippen LogP contribution in [0.15, 0.2) is 0 Å². The highest BCUT2D eigenvalue weighted by atomic mass is 16.2. The third-order valence-corrected chi connectivity index (χ3v) is 3.25. The van der Waals surface area contributed by atoms with Crippen molar-refractivity contribution in [3.63, 3.8) is 0 Å². The van der Waals surface area contributed by atoms with Gasteiger partial charge in [0.2, 0.25) is 11.8 Å². The number of amides is 2. The van der Waals surface area contributed by atoms with E-state index in [1.807, 2.05) is 6.92 Å². The molecule has 0 atom stereocenters. The third kappa shape index (κ3) is 5.17. The standard InChI is InChI=1S/C12H23N3O2/c1-2-7-14-11(16)8-15-10-5-3-9(4-6-10)12(13)17/h9-10,15H,2-8H2,1H3,(H2,13,17)(H,14,16). The first kappa shape index (κ1) is 14.0. The van der Waals surface area contributed by atoms with Crippen molar-refractivity contribution in [2.75, 3.05) is 13.1 Å². The quantitative estimate of drug-likeness (QED) is 0.618. The van der Waals surface area contributed by atoms with Gasteiger partial charge in [-0.15, -0.1) is 0 Å². The molecule has 5 nitrogen and oxygen atoms in total. The van der Waals surface area contributed by atoms with Gasteiger partial charge in [-0.25, -0.2) is 0 Å². The molecule has 0 aromatic rings. The average Bonchev–Trinajstić information content (AvgIpc) is 2.34. The second-order valence-corrected chi connectivity index (χ2v) is 4.68. The van der Waals surface area contributed by atoms with Crippen molar-refractivity contribution in [2.45, 2.75) is 45.1 Å². The number of primary amides is 1. The summed E-state index contributed by atoms with van der Waals surface area (Å²) in [5, 5.41) is 6.05. The Morgan fingerprint density at radius 3 is 2.41 bits per heavy atom. The first-order valence-electron chi connectivity index (χ1n) is 6.43. The summed E-state index contributed by atoms with van der Waals surface area (Å²) in [4.78, 5) is 22.4. The molecule has 1 aliphatic carbocycles. The van der Waals surface area contributed by atoms with Gasteiger partial charge in [-0.3, -0.25) is 9.59 Å². The molecule has 0 bridgehead atoms. The van der Waals surface area contributed by atoms with E-state index in [4.69, 9.17) is 5.73 Å². The number of hydrogen-bond donors (Lipinski definition) is 3. The Morgan fingerprint density at radius 1 is 1.24 bits per heavy atom. The molecule has 0 unspecified atom stereocenters. The van der Waals surface area contributed by atoms with Crippen LogP contribution in [-0.2, 0) is 9.59 Å². The summed E-state index contributed by atoms with van der Waals surface area (Å²) in [7, 11) is 0. The summed E-state index contributed by atoms with van der Waals surface area (Å²) >= 11 is 0. The zero-order valence-electron chi connectivity index (χ0n) is 10.5. The molecule has 0 aromatic carbocycles. The lowest BCUT2D eigenvalue weighted by Gasteiger charge is -2.27. The Morgan fingerprint density at radius 2 is 1.88 bits per heavy atom. The summed E-state index contributed by atoms with van der Waals surface area (Å²) in [6, 6.07) is 0.345. The van der Waals surface area contributed by atoms with Crippen LogP contribution in [0.5, 0.6) is 0 Å². The minimum Gasteiger partial charge on any atom is -0.369 e. The van der Waals surface area contributed by atoms with E-state index in [1.54, 1.807) is 0 Å².